The molecule has 168 valence electrons. The summed E-state index contributed by atoms with van der Waals surface area (Å²) in [5.74, 6) is -0.252. The molecule has 10 heteroatoms. The molecule has 1 aliphatic carbocycles. The van der Waals surface area contributed by atoms with Gasteiger partial charge in [-0.2, -0.15) is 13.2 Å². The van der Waals surface area contributed by atoms with Crippen LogP contribution in [0, 0.1) is 5.92 Å². The van der Waals surface area contributed by atoms with E-state index in [-0.39, 0.29) is 33.9 Å². The molecule has 6 nitrogen and oxygen atoms in total. The highest BCUT2D eigenvalue weighted by Crippen LogP contribution is 2.41. The zero-order valence-corrected chi connectivity index (χ0v) is 18.1. The molecule has 2 fully saturated rings. The second-order valence-electron chi connectivity index (χ2n) is 8.19. The molecule has 2 aliphatic rings. The Labute approximate surface area is 181 Å². The van der Waals surface area contributed by atoms with E-state index in [2.05, 4.69) is 10.3 Å². The van der Waals surface area contributed by atoms with Gasteiger partial charge < -0.3 is 15.0 Å². The number of nitrogens with zero attached hydrogens (tertiary/aromatic N) is 2. The highest BCUT2D eigenvalue weighted by atomic mass is 32.1. The molecule has 2 aromatic rings. The lowest BCUT2D eigenvalue weighted by atomic mass is 9.92. The van der Waals surface area contributed by atoms with Gasteiger partial charge in [-0.1, -0.05) is 0 Å². The van der Waals surface area contributed by atoms with E-state index in [1.807, 2.05) is 6.92 Å². The van der Waals surface area contributed by atoms with Gasteiger partial charge in [-0.05, 0) is 44.6 Å². The van der Waals surface area contributed by atoms with E-state index in [9.17, 15) is 22.8 Å². The SMILES string of the molecule is CNC(=O)c1csc2c(C(F)(F)F)cc(C3CCN(C(=O)OC(C)C4CC4)CC3)nc12. The number of carbonyl (C=O) groups excluding carboxylic acids is 2. The van der Waals surface area contributed by atoms with Crippen molar-refractivity contribution in [2.45, 2.75) is 50.8 Å². The fourth-order valence-corrected chi connectivity index (χ4v) is 5.02. The molecule has 2 amide bonds. The minimum absolute atomic E-state index is 0.0371. The van der Waals surface area contributed by atoms with Gasteiger partial charge in [0.2, 0.25) is 0 Å². The van der Waals surface area contributed by atoms with Gasteiger partial charge in [0.25, 0.3) is 5.91 Å². The van der Waals surface area contributed by atoms with Crippen molar-refractivity contribution in [1.82, 2.24) is 15.2 Å². The number of ether oxygens (including phenoxy) is 1. The van der Waals surface area contributed by atoms with Crippen LogP contribution in [0.3, 0.4) is 0 Å². The van der Waals surface area contributed by atoms with Gasteiger partial charge in [-0.15, -0.1) is 11.3 Å². The predicted molar refractivity (Wildman–Crippen MR) is 110 cm³/mol. The number of amides is 2. The van der Waals surface area contributed by atoms with E-state index in [0.717, 1.165) is 30.2 Å². The quantitative estimate of drug-likeness (QED) is 0.720. The molecule has 0 radical (unpaired) electrons. The Morgan fingerprint density at radius 3 is 2.52 bits per heavy atom. The second kappa shape index (κ2) is 8.29. The van der Waals surface area contributed by atoms with Gasteiger partial charge in [0, 0.05) is 37.1 Å². The second-order valence-corrected chi connectivity index (χ2v) is 9.07. The first kappa shape index (κ1) is 21.9. The van der Waals surface area contributed by atoms with Crippen LogP contribution >= 0.6 is 11.3 Å². The molecule has 3 heterocycles. The summed E-state index contributed by atoms with van der Waals surface area (Å²) in [6.45, 7) is 2.69. The molecule has 0 aromatic carbocycles. The first-order valence-electron chi connectivity index (χ1n) is 10.4. The lowest BCUT2D eigenvalue weighted by Crippen LogP contribution is -2.40. The molecule has 1 N–H and O–H groups in total. The lowest BCUT2D eigenvalue weighted by Gasteiger charge is -2.32. The molecule has 1 saturated carbocycles. The number of piperidine rings is 1. The molecule has 1 atom stereocenters. The van der Waals surface area contributed by atoms with Gasteiger partial charge in [0.05, 0.1) is 21.3 Å². The minimum Gasteiger partial charge on any atom is -0.446 e. The van der Waals surface area contributed by atoms with E-state index >= 15 is 0 Å². The fourth-order valence-electron chi connectivity index (χ4n) is 4.00. The minimum atomic E-state index is -4.55. The smallest absolute Gasteiger partial charge is 0.417 e. The first-order chi connectivity index (χ1) is 14.7. The van der Waals surface area contributed by atoms with Crippen LogP contribution in [0.2, 0.25) is 0 Å². The third kappa shape index (κ3) is 4.49. The van der Waals surface area contributed by atoms with Gasteiger partial charge in [-0.3, -0.25) is 9.78 Å². The van der Waals surface area contributed by atoms with Crippen molar-refractivity contribution in [3.8, 4) is 0 Å². The standard InChI is InChI=1S/C21H24F3N3O3S/c1-11(12-3-4-12)30-20(29)27-7-5-13(6-8-27)16-9-15(21(22,23)24)18-17(26-16)14(10-31-18)19(28)25-2/h9-13H,3-8H2,1-2H3,(H,25,28). The summed E-state index contributed by atoms with van der Waals surface area (Å²) in [7, 11) is 1.43. The number of hydrogen-bond donors (Lipinski definition) is 1. The molecular weight excluding hydrogens is 431 g/mol. The number of halogens is 3. The predicted octanol–water partition coefficient (Wildman–Crippen LogP) is 4.79. The normalized spacial score (nSPS) is 18.8. The molecule has 0 spiro atoms. The topological polar surface area (TPSA) is 71.5 Å². The number of likely N-dealkylation sites (tertiary alicyclic amines) is 1. The molecule has 1 unspecified atom stereocenters. The van der Waals surface area contributed by atoms with E-state index in [1.54, 1.807) is 4.90 Å². The van der Waals surface area contributed by atoms with Crippen molar-refractivity contribution >= 4 is 33.6 Å². The summed E-state index contributed by atoms with van der Waals surface area (Å²) in [5.41, 5.74) is -0.241. The number of rotatable bonds is 4. The maximum absolute atomic E-state index is 13.7. The Kier molecular flexibility index (Phi) is 5.85. The van der Waals surface area contributed by atoms with Crippen molar-refractivity contribution in [3.05, 3.63) is 28.3 Å². The molecular formula is C21H24F3N3O3S. The average molecular weight is 456 g/mol. The number of alkyl halides is 3. The van der Waals surface area contributed by atoms with E-state index in [1.165, 1.54) is 12.4 Å². The van der Waals surface area contributed by atoms with Crippen LogP contribution in [-0.2, 0) is 10.9 Å². The van der Waals surface area contributed by atoms with E-state index in [4.69, 9.17) is 4.74 Å². The van der Waals surface area contributed by atoms with Crippen molar-refractivity contribution in [1.29, 1.82) is 0 Å². The van der Waals surface area contributed by atoms with Crippen LogP contribution in [-0.4, -0.2) is 48.1 Å². The zero-order valence-electron chi connectivity index (χ0n) is 17.3. The molecule has 31 heavy (non-hydrogen) atoms. The molecule has 4 rings (SSSR count). The van der Waals surface area contributed by atoms with E-state index < -0.39 is 17.6 Å². The summed E-state index contributed by atoms with van der Waals surface area (Å²) in [5, 5.41) is 3.86. The number of fused-ring (bicyclic) bond motifs is 1. The van der Waals surface area contributed by atoms with Crippen LogP contribution in [0.4, 0.5) is 18.0 Å². The number of carbonyl (C=O) groups is 2. The molecule has 2 aromatic heterocycles. The number of nitrogens with one attached hydrogen (secondary N) is 1. The Morgan fingerprint density at radius 2 is 1.94 bits per heavy atom. The molecule has 1 aliphatic heterocycles. The van der Waals surface area contributed by atoms with Gasteiger partial charge in [0.1, 0.15) is 6.10 Å². The zero-order chi connectivity index (χ0) is 22.3. The van der Waals surface area contributed by atoms with Crippen molar-refractivity contribution in [2.24, 2.45) is 5.92 Å². The van der Waals surface area contributed by atoms with Crippen LogP contribution < -0.4 is 5.32 Å². The largest absolute Gasteiger partial charge is 0.446 e. The van der Waals surface area contributed by atoms with E-state index in [0.29, 0.717) is 37.5 Å². The van der Waals surface area contributed by atoms with Gasteiger partial charge in [0.15, 0.2) is 0 Å². The first-order valence-corrected chi connectivity index (χ1v) is 11.2. The highest BCUT2D eigenvalue weighted by Gasteiger charge is 2.37. The summed E-state index contributed by atoms with van der Waals surface area (Å²) in [6.07, 6.45) is -1.89. The third-order valence-corrected chi connectivity index (χ3v) is 7.07. The highest BCUT2D eigenvalue weighted by molar-refractivity contribution is 7.17. The monoisotopic (exact) mass is 455 g/mol. The Bertz CT molecular complexity index is 995. The van der Waals surface area contributed by atoms with Crippen molar-refractivity contribution in [3.63, 3.8) is 0 Å². The van der Waals surface area contributed by atoms with Gasteiger partial charge >= 0.3 is 12.3 Å². The van der Waals surface area contributed by atoms with Gasteiger partial charge in [-0.25, -0.2) is 4.79 Å². The average Bonchev–Trinajstić information content (AvgIpc) is 3.51. The number of aromatic nitrogens is 1. The summed E-state index contributed by atoms with van der Waals surface area (Å²) < 4.78 is 46.6. The number of pyridine rings is 1. The summed E-state index contributed by atoms with van der Waals surface area (Å²) >= 11 is 0.871. The third-order valence-electron chi connectivity index (χ3n) is 6.06. The fraction of sp³-hybridized carbons (Fsp3) is 0.571. The lowest BCUT2D eigenvalue weighted by molar-refractivity contribution is -0.136. The Hall–Kier alpha value is -2.36. The van der Waals surface area contributed by atoms with Crippen molar-refractivity contribution in [2.75, 3.05) is 20.1 Å². The summed E-state index contributed by atoms with van der Waals surface area (Å²) in [4.78, 5) is 30.5. The maximum Gasteiger partial charge on any atom is 0.417 e. The Balaban J connectivity index is 1.55. The van der Waals surface area contributed by atoms with Crippen LogP contribution in [0.5, 0.6) is 0 Å². The molecule has 1 saturated heterocycles. The summed E-state index contributed by atoms with van der Waals surface area (Å²) in [6, 6.07) is 1.10. The molecule has 0 bridgehead atoms. The van der Waals surface area contributed by atoms with Crippen LogP contribution in [0.25, 0.3) is 10.2 Å². The Morgan fingerprint density at radius 1 is 1.26 bits per heavy atom. The number of hydrogen-bond acceptors (Lipinski definition) is 5. The maximum atomic E-state index is 13.7. The number of thiophene rings is 1. The van der Waals surface area contributed by atoms with Crippen LogP contribution in [0.1, 0.15) is 60.1 Å². The van der Waals surface area contributed by atoms with Crippen LogP contribution in [0.15, 0.2) is 11.4 Å². The van der Waals surface area contributed by atoms with Crippen molar-refractivity contribution < 1.29 is 27.5 Å².